The zero-order valence-corrected chi connectivity index (χ0v) is 30.0. The van der Waals surface area contributed by atoms with E-state index in [4.69, 9.17) is 11.6 Å². The Bertz CT molecular complexity index is 1680. The molecule has 2 amide bonds. The van der Waals surface area contributed by atoms with E-state index in [-0.39, 0.29) is 17.9 Å². The summed E-state index contributed by atoms with van der Waals surface area (Å²) in [5.41, 5.74) is 2.90. The summed E-state index contributed by atoms with van der Waals surface area (Å²) in [6, 6.07) is 5.67. The van der Waals surface area contributed by atoms with Crippen LogP contribution in [0, 0.1) is 35.4 Å². The number of benzene rings is 1. The molecule has 48 heavy (non-hydrogen) atoms. The Kier molecular flexibility index (Phi) is 9.09. The van der Waals surface area contributed by atoms with Crippen molar-refractivity contribution in [3.05, 3.63) is 58.8 Å². The average Bonchev–Trinajstić information content (AvgIpc) is 3.68. The molecule has 0 spiro atoms. The van der Waals surface area contributed by atoms with Crippen molar-refractivity contribution in [1.82, 2.24) is 29.2 Å². The lowest BCUT2D eigenvalue weighted by Gasteiger charge is -2.54. The molecule has 1 aliphatic carbocycles. The number of hydrogen-bond acceptors (Lipinski definition) is 5. The Labute approximate surface area is 289 Å². The van der Waals surface area contributed by atoms with E-state index in [0.29, 0.717) is 52.0 Å². The van der Waals surface area contributed by atoms with Crippen LogP contribution in [0.2, 0.25) is 5.02 Å². The fraction of sp³-hybridized carbons (Fsp3) is 0.605. The Balaban J connectivity index is 1.03. The Morgan fingerprint density at radius 1 is 1.02 bits per heavy atom. The molecule has 1 aromatic carbocycles. The second-order valence-corrected chi connectivity index (χ2v) is 16.2. The number of carbonyl (C=O) groups is 2. The predicted octanol–water partition coefficient (Wildman–Crippen LogP) is 5.99. The summed E-state index contributed by atoms with van der Waals surface area (Å²) < 4.78 is 16.5. The molecule has 0 bridgehead atoms. The summed E-state index contributed by atoms with van der Waals surface area (Å²) in [6.07, 6.45) is 8.99. The number of amides is 2. The topological polar surface area (TPSA) is 64.9 Å². The number of fused-ring (bicyclic) bond motifs is 2. The van der Waals surface area contributed by atoms with Gasteiger partial charge in [0.15, 0.2) is 0 Å². The lowest BCUT2D eigenvalue weighted by molar-refractivity contribution is -0.128. The number of pyridine rings is 1. The second kappa shape index (κ2) is 13.0. The average molecular weight is 677 g/mol. The molecule has 3 aliphatic heterocycles. The third-order valence-corrected chi connectivity index (χ3v) is 12.3. The minimum absolute atomic E-state index is 0.0243. The van der Waals surface area contributed by atoms with Crippen LogP contribution in [0.25, 0.3) is 16.6 Å². The summed E-state index contributed by atoms with van der Waals surface area (Å²) in [6.45, 7) is 16.7. The van der Waals surface area contributed by atoms with Crippen molar-refractivity contribution in [2.75, 3.05) is 46.3 Å². The maximum Gasteiger partial charge on any atom is 0.256 e. The first-order valence-corrected chi connectivity index (χ1v) is 18.2. The zero-order chi connectivity index (χ0) is 34.0. The number of hydrogen-bond donors (Lipinski definition) is 0. The van der Waals surface area contributed by atoms with Crippen LogP contribution in [-0.4, -0.2) is 105 Å². The highest BCUT2D eigenvalue weighted by atomic mass is 35.5. The van der Waals surface area contributed by atoms with Gasteiger partial charge in [0.2, 0.25) is 5.91 Å². The Hall–Kier alpha value is -3.01. The quantitative estimate of drug-likeness (QED) is 0.279. The summed E-state index contributed by atoms with van der Waals surface area (Å²) in [7, 11) is 1.75. The highest BCUT2D eigenvalue weighted by Crippen LogP contribution is 2.44. The molecule has 10 heteroatoms. The number of halogens is 2. The van der Waals surface area contributed by atoms with Crippen molar-refractivity contribution in [1.29, 1.82) is 0 Å². The van der Waals surface area contributed by atoms with Crippen LogP contribution in [-0.2, 0) is 11.2 Å². The van der Waals surface area contributed by atoms with Gasteiger partial charge in [-0.2, -0.15) is 0 Å². The summed E-state index contributed by atoms with van der Waals surface area (Å²) in [4.78, 5) is 38.8. The van der Waals surface area contributed by atoms with Crippen molar-refractivity contribution >= 4 is 34.3 Å². The van der Waals surface area contributed by atoms with Gasteiger partial charge in [-0.05, 0) is 86.5 Å². The molecule has 0 radical (unpaired) electrons. The molecular weight excluding hydrogens is 627 g/mol. The summed E-state index contributed by atoms with van der Waals surface area (Å²) >= 11 is 6.79. The number of rotatable bonds is 9. The molecule has 8 nitrogen and oxygen atoms in total. The lowest BCUT2D eigenvalue weighted by Crippen LogP contribution is -2.60. The molecule has 5 heterocycles. The van der Waals surface area contributed by atoms with Gasteiger partial charge in [-0.25, -0.2) is 4.39 Å². The molecule has 1 unspecified atom stereocenters. The van der Waals surface area contributed by atoms with E-state index in [1.807, 2.05) is 23.3 Å². The fourth-order valence-electron chi connectivity index (χ4n) is 9.23. The SMILES string of the molecule is CC(=O)N1CC2CN(C3CC([C@@H](C(C)C)N4CC(Cc5cn(-c6ccc(F)cc6C(=O)N(C)C(C)C)c6cncc(Cl)c56)C4)C3)C[C@H]2C1. The minimum Gasteiger partial charge on any atom is -0.342 e. The first kappa shape index (κ1) is 33.5. The first-order valence-electron chi connectivity index (χ1n) is 17.8. The van der Waals surface area contributed by atoms with E-state index in [1.54, 1.807) is 37.3 Å². The highest BCUT2D eigenvalue weighted by Gasteiger charge is 2.49. The third-order valence-electron chi connectivity index (χ3n) is 12.0. The Morgan fingerprint density at radius 2 is 1.71 bits per heavy atom. The molecule has 258 valence electrons. The first-order chi connectivity index (χ1) is 22.9. The maximum atomic E-state index is 14.5. The number of likely N-dealkylation sites (tertiary alicyclic amines) is 3. The van der Waals surface area contributed by atoms with Crippen LogP contribution in [0.5, 0.6) is 0 Å². The Morgan fingerprint density at radius 3 is 2.33 bits per heavy atom. The lowest BCUT2D eigenvalue weighted by atomic mass is 9.70. The van der Waals surface area contributed by atoms with Crippen molar-refractivity contribution in [3.8, 4) is 5.69 Å². The van der Waals surface area contributed by atoms with Crippen molar-refractivity contribution in [2.24, 2.45) is 29.6 Å². The van der Waals surface area contributed by atoms with Crippen molar-refractivity contribution < 1.29 is 14.0 Å². The van der Waals surface area contributed by atoms with Crippen LogP contribution in [0.4, 0.5) is 4.39 Å². The molecule has 4 fully saturated rings. The highest BCUT2D eigenvalue weighted by molar-refractivity contribution is 6.35. The van der Waals surface area contributed by atoms with E-state index in [2.05, 4.69) is 34.8 Å². The van der Waals surface area contributed by atoms with Gasteiger partial charge in [0.1, 0.15) is 5.82 Å². The fourth-order valence-corrected chi connectivity index (χ4v) is 9.51. The number of nitrogens with zero attached hydrogens (tertiary/aromatic N) is 6. The van der Waals surface area contributed by atoms with Crippen LogP contribution in [0.15, 0.2) is 36.8 Å². The summed E-state index contributed by atoms with van der Waals surface area (Å²) in [5.74, 6) is 2.69. The molecule has 3 atom stereocenters. The molecule has 7 rings (SSSR count). The van der Waals surface area contributed by atoms with Crippen LogP contribution < -0.4 is 0 Å². The maximum absolute atomic E-state index is 14.5. The second-order valence-electron chi connectivity index (χ2n) is 15.8. The zero-order valence-electron chi connectivity index (χ0n) is 29.2. The van der Waals surface area contributed by atoms with Gasteiger partial charge >= 0.3 is 0 Å². The molecule has 0 N–H and O–H groups in total. The van der Waals surface area contributed by atoms with Crippen molar-refractivity contribution in [2.45, 2.75) is 72.0 Å². The van der Waals surface area contributed by atoms with E-state index in [1.165, 1.54) is 25.0 Å². The number of aromatic nitrogens is 2. The molecule has 3 saturated heterocycles. The van der Waals surface area contributed by atoms with Gasteiger partial charge in [-0.15, -0.1) is 0 Å². The van der Waals surface area contributed by atoms with Gasteiger partial charge in [-0.1, -0.05) is 25.4 Å². The third kappa shape index (κ3) is 6.04. The largest absolute Gasteiger partial charge is 0.342 e. The van der Waals surface area contributed by atoms with Gasteiger partial charge in [0, 0.05) is 89.1 Å². The molecule has 4 aliphatic rings. The molecular formula is C38H50ClFN6O2. The standard InChI is InChI=1S/C38H50ClFN6O2/c1-22(2)37(26-10-31(11-26)44-19-28-17-43(24(5)47)18-29(28)20-44)45-15-25(16-45)9-27-21-46(35-14-41-13-33(39)36(27)35)34-8-7-30(40)12-32(34)38(48)42(6)23(3)4/h7-8,12-14,21-23,25-26,28-29,31,37H,9-11,15-20H2,1-6H3/t26?,28-,29?,31?,37-/m1/s1. The van der Waals surface area contributed by atoms with Crippen molar-refractivity contribution in [3.63, 3.8) is 0 Å². The molecule has 3 aromatic rings. The smallest absolute Gasteiger partial charge is 0.256 e. The monoisotopic (exact) mass is 676 g/mol. The van der Waals surface area contributed by atoms with E-state index < -0.39 is 5.82 Å². The normalized spacial score (nSPS) is 25.5. The van der Waals surface area contributed by atoms with Gasteiger partial charge < -0.3 is 14.4 Å². The van der Waals surface area contributed by atoms with Crippen LogP contribution in [0.3, 0.4) is 0 Å². The van der Waals surface area contributed by atoms with Gasteiger partial charge in [-0.3, -0.25) is 24.4 Å². The van der Waals surface area contributed by atoms with E-state index in [0.717, 1.165) is 68.1 Å². The molecule has 1 saturated carbocycles. The summed E-state index contributed by atoms with van der Waals surface area (Å²) in [5, 5.41) is 1.54. The minimum atomic E-state index is -0.442. The predicted molar refractivity (Wildman–Crippen MR) is 188 cm³/mol. The van der Waals surface area contributed by atoms with Crippen LogP contribution in [0.1, 0.15) is 63.4 Å². The van der Waals surface area contributed by atoms with E-state index >= 15 is 0 Å². The van der Waals surface area contributed by atoms with E-state index in [9.17, 15) is 14.0 Å². The van der Waals surface area contributed by atoms with Gasteiger partial charge in [0.05, 0.1) is 28.0 Å². The number of carbonyl (C=O) groups excluding carboxylic acids is 2. The van der Waals surface area contributed by atoms with Crippen LogP contribution >= 0.6 is 11.6 Å². The van der Waals surface area contributed by atoms with Gasteiger partial charge in [0.25, 0.3) is 5.91 Å². The molecule has 2 aromatic heterocycles.